The summed E-state index contributed by atoms with van der Waals surface area (Å²) >= 11 is 0. The Balaban J connectivity index is 2.15. The summed E-state index contributed by atoms with van der Waals surface area (Å²) in [6, 6.07) is 3.77. The molecule has 2 atom stereocenters. The molecule has 2 rings (SSSR count). The van der Waals surface area contributed by atoms with Crippen LogP contribution < -0.4 is 5.32 Å². The number of hydrogen-bond acceptors (Lipinski definition) is 2. The molecule has 0 amide bonds. The van der Waals surface area contributed by atoms with Crippen LogP contribution in [-0.2, 0) is 0 Å². The molecule has 0 spiro atoms. The summed E-state index contributed by atoms with van der Waals surface area (Å²) in [5, 5.41) is 12.5. The highest BCUT2D eigenvalue weighted by molar-refractivity contribution is 5.47. The highest BCUT2D eigenvalue weighted by Gasteiger charge is 2.41. The minimum Gasteiger partial charge on any atom is -0.388 e. The number of anilines is 1. The van der Waals surface area contributed by atoms with Gasteiger partial charge in [0.05, 0.1) is 17.3 Å². The molecule has 0 bridgehead atoms. The van der Waals surface area contributed by atoms with E-state index < -0.39 is 17.2 Å². The molecule has 15 heavy (non-hydrogen) atoms. The summed E-state index contributed by atoms with van der Waals surface area (Å²) in [5.41, 5.74) is -0.710. The predicted molar refractivity (Wildman–Crippen MR) is 53.6 cm³/mol. The maximum absolute atomic E-state index is 13.3. The lowest BCUT2D eigenvalue weighted by atomic mass is 9.76. The van der Waals surface area contributed by atoms with Crippen molar-refractivity contribution in [1.29, 1.82) is 0 Å². The third-order valence-corrected chi connectivity index (χ3v) is 2.97. The molecule has 1 aromatic rings. The molecule has 2 N–H and O–H groups in total. The molecular weight excluding hydrogens is 200 g/mol. The molecule has 1 aromatic carbocycles. The van der Waals surface area contributed by atoms with Gasteiger partial charge in [-0.25, -0.2) is 8.78 Å². The first kappa shape index (κ1) is 10.4. The largest absolute Gasteiger partial charge is 0.388 e. The summed E-state index contributed by atoms with van der Waals surface area (Å²) in [6.45, 7) is 1.69. The Morgan fingerprint density at radius 3 is 2.73 bits per heavy atom. The van der Waals surface area contributed by atoms with Crippen LogP contribution in [0.5, 0.6) is 0 Å². The van der Waals surface area contributed by atoms with Gasteiger partial charge in [-0.1, -0.05) is 6.07 Å². The molecule has 0 heterocycles. The monoisotopic (exact) mass is 213 g/mol. The van der Waals surface area contributed by atoms with Crippen LogP contribution in [-0.4, -0.2) is 16.7 Å². The van der Waals surface area contributed by atoms with Gasteiger partial charge in [0.25, 0.3) is 0 Å². The van der Waals surface area contributed by atoms with Gasteiger partial charge in [-0.3, -0.25) is 0 Å². The fraction of sp³-hybridized carbons (Fsp3) is 0.455. The second-order valence-electron chi connectivity index (χ2n) is 4.19. The number of benzene rings is 1. The Morgan fingerprint density at radius 1 is 1.47 bits per heavy atom. The van der Waals surface area contributed by atoms with Crippen molar-refractivity contribution in [3.05, 3.63) is 29.8 Å². The Morgan fingerprint density at radius 2 is 2.20 bits per heavy atom. The molecule has 0 aromatic heterocycles. The molecule has 0 radical (unpaired) electrons. The summed E-state index contributed by atoms with van der Waals surface area (Å²) in [6.07, 6.45) is 1.45. The zero-order chi connectivity index (χ0) is 11.1. The lowest BCUT2D eigenvalue weighted by Gasteiger charge is -2.43. The van der Waals surface area contributed by atoms with E-state index in [0.717, 1.165) is 12.5 Å². The van der Waals surface area contributed by atoms with Crippen molar-refractivity contribution in [2.75, 3.05) is 5.32 Å². The highest BCUT2D eigenvalue weighted by Crippen LogP contribution is 2.34. The number of aliphatic hydroxyl groups is 1. The van der Waals surface area contributed by atoms with Crippen molar-refractivity contribution in [2.45, 2.75) is 31.4 Å². The van der Waals surface area contributed by atoms with Crippen molar-refractivity contribution in [3.8, 4) is 0 Å². The maximum atomic E-state index is 13.3. The zero-order valence-corrected chi connectivity index (χ0v) is 8.43. The van der Waals surface area contributed by atoms with Gasteiger partial charge in [-0.15, -0.1) is 0 Å². The minimum absolute atomic E-state index is 0.111. The van der Waals surface area contributed by atoms with E-state index in [-0.39, 0.29) is 11.7 Å². The van der Waals surface area contributed by atoms with Crippen LogP contribution >= 0.6 is 0 Å². The number of halogens is 2. The molecule has 1 saturated carbocycles. The molecule has 1 aliphatic rings. The molecule has 2 nitrogen and oxygen atoms in total. The molecule has 82 valence electrons. The van der Waals surface area contributed by atoms with Crippen LogP contribution in [0.3, 0.4) is 0 Å². The number of rotatable bonds is 2. The molecular formula is C11H13F2NO. The first-order valence-electron chi connectivity index (χ1n) is 4.93. The Bertz CT molecular complexity index is 379. The highest BCUT2D eigenvalue weighted by atomic mass is 19.2. The molecule has 1 aliphatic carbocycles. The lowest BCUT2D eigenvalue weighted by molar-refractivity contribution is -0.0287. The van der Waals surface area contributed by atoms with E-state index in [2.05, 4.69) is 5.32 Å². The second-order valence-corrected chi connectivity index (χ2v) is 4.19. The van der Waals surface area contributed by atoms with E-state index in [1.165, 1.54) is 12.1 Å². The van der Waals surface area contributed by atoms with Crippen molar-refractivity contribution < 1.29 is 13.9 Å². The molecule has 1 fully saturated rings. The molecule has 0 unspecified atom stereocenters. The SMILES string of the molecule is C[C@]1(O)CC[C@@H]1Nc1cccc(F)c1F. The van der Waals surface area contributed by atoms with Crippen LogP contribution in [0.2, 0.25) is 0 Å². The molecule has 0 saturated heterocycles. The third kappa shape index (κ3) is 1.81. The Hall–Kier alpha value is -1.16. The summed E-state index contributed by atoms with van der Waals surface area (Å²) < 4.78 is 26.1. The van der Waals surface area contributed by atoms with Gasteiger partial charge >= 0.3 is 0 Å². The fourth-order valence-corrected chi connectivity index (χ4v) is 1.74. The van der Waals surface area contributed by atoms with Crippen LogP contribution in [0.15, 0.2) is 18.2 Å². The Kier molecular flexibility index (Phi) is 2.38. The van der Waals surface area contributed by atoms with Crippen LogP contribution in [0.25, 0.3) is 0 Å². The van der Waals surface area contributed by atoms with E-state index in [1.807, 2.05) is 0 Å². The Labute approximate surface area is 86.9 Å². The van der Waals surface area contributed by atoms with Gasteiger partial charge in [-0.05, 0) is 31.9 Å². The van der Waals surface area contributed by atoms with E-state index in [0.29, 0.717) is 6.42 Å². The lowest BCUT2D eigenvalue weighted by Crippen LogP contribution is -2.53. The van der Waals surface area contributed by atoms with Gasteiger partial charge in [0, 0.05) is 0 Å². The number of nitrogens with one attached hydrogen (secondary N) is 1. The second kappa shape index (κ2) is 3.45. The average Bonchev–Trinajstić information content (AvgIpc) is 2.19. The quantitative estimate of drug-likeness (QED) is 0.790. The normalized spacial score (nSPS) is 29.7. The van der Waals surface area contributed by atoms with Gasteiger partial charge < -0.3 is 10.4 Å². The maximum Gasteiger partial charge on any atom is 0.181 e. The van der Waals surface area contributed by atoms with Crippen LogP contribution in [0.1, 0.15) is 19.8 Å². The van der Waals surface area contributed by atoms with E-state index in [1.54, 1.807) is 6.92 Å². The topological polar surface area (TPSA) is 32.3 Å². The molecule has 4 heteroatoms. The summed E-state index contributed by atoms with van der Waals surface area (Å²) in [4.78, 5) is 0. The van der Waals surface area contributed by atoms with Gasteiger partial charge in [0.15, 0.2) is 11.6 Å². The first-order valence-corrected chi connectivity index (χ1v) is 4.93. The summed E-state index contributed by atoms with van der Waals surface area (Å²) in [7, 11) is 0. The van der Waals surface area contributed by atoms with Crippen molar-refractivity contribution >= 4 is 5.69 Å². The standard InChI is InChI=1S/C11H13F2NO/c1-11(15)6-5-9(11)14-8-4-2-3-7(12)10(8)13/h2-4,9,14-15H,5-6H2,1H3/t9-,11-/m0/s1. The fourth-order valence-electron chi connectivity index (χ4n) is 1.74. The molecule has 0 aliphatic heterocycles. The van der Waals surface area contributed by atoms with Gasteiger partial charge in [-0.2, -0.15) is 0 Å². The number of hydrogen-bond donors (Lipinski definition) is 2. The van der Waals surface area contributed by atoms with Crippen LogP contribution in [0, 0.1) is 11.6 Å². The smallest absolute Gasteiger partial charge is 0.181 e. The first-order chi connectivity index (χ1) is 7.00. The minimum atomic E-state index is -0.889. The van der Waals surface area contributed by atoms with E-state index >= 15 is 0 Å². The van der Waals surface area contributed by atoms with E-state index in [4.69, 9.17) is 0 Å². The van der Waals surface area contributed by atoms with Crippen molar-refractivity contribution in [1.82, 2.24) is 0 Å². The van der Waals surface area contributed by atoms with Crippen molar-refractivity contribution in [3.63, 3.8) is 0 Å². The van der Waals surface area contributed by atoms with Gasteiger partial charge in [0.2, 0.25) is 0 Å². The van der Waals surface area contributed by atoms with E-state index in [9.17, 15) is 13.9 Å². The zero-order valence-electron chi connectivity index (χ0n) is 8.43. The van der Waals surface area contributed by atoms with Gasteiger partial charge in [0.1, 0.15) is 0 Å². The van der Waals surface area contributed by atoms with Crippen molar-refractivity contribution in [2.24, 2.45) is 0 Å². The average molecular weight is 213 g/mol. The third-order valence-electron chi connectivity index (χ3n) is 2.97. The summed E-state index contributed by atoms with van der Waals surface area (Å²) in [5.74, 6) is -1.76. The predicted octanol–water partition coefficient (Wildman–Crippen LogP) is 2.29. The van der Waals surface area contributed by atoms with Crippen LogP contribution in [0.4, 0.5) is 14.5 Å².